The minimum atomic E-state index is -0.506. The molecule has 3 nitrogen and oxygen atoms in total. The average molecular weight is 279 g/mol. The monoisotopic (exact) mass is 279 g/mol. The van der Waals surface area contributed by atoms with Gasteiger partial charge in [-0.25, -0.2) is 0 Å². The molecule has 106 valence electrons. The summed E-state index contributed by atoms with van der Waals surface area (Å²) in [6, 6.07) is 16.6. The first-order valence-electron chi connectivity index (χ1n) is 7.22. The van der Waals surface area contributed by atoms with Crippen LogP contribution in [-0.4, -0.2) is 22.4 Å². The Balaban J connectivity index is 2.05. The second-order valence-electron chi connectivity index (χ2n) is 5.66. The van der Waals surface area contributed by atoms with E-state index in [1.54, 1.807) is 0 Å². The van der Waals surface area contributed by atoms with Gasteiger partial charge in [-0.15, -0.1) is 0 Å². The fraction of sp³-hybridized carbons (Fsp3) is 0.222. The summed E-state index contributed by atoms with van der Waals surface area (Å²) in [5, 5.41) is 11.4. The van der Waals surface area contributed by atoms with E-state index in [2.05, 4.69) is 35.8 Å². The molecule has 0 bridgehead atoms. The molecule has 1 atom stereocenters. The standard InChI is InChI=1S/C18H17NO2/c1-12-6-7-18-15(8-12)17-9-13-4-2-3-5-16(13)19(17)10-14(20)11-21-18/h2-9,14,20H,10-11H2,1H3. The Morgan fingerprint density at radius 2 is 2.00 bits per heavy atom. The molecule has 21 heavy (non-hydrogen) atoms. The lowest BCUT2D eigenvalue weighted by Crippen LogP contribution is -2.25. The number of benzene rings is 2. The van der Waals surface area contributed by atoms with Crippen molar-refractivity contribution in [1.29, 1.82) is 0 Å². The second kappa shape index (κ2) is 4.64. The van der Waals surface area contributed by atoms with Gasteiger partial charge in [0.25, 0.3) is 0 Å². The number of fused-ring (bicyclic) bond motifs is 5. The van der Waals surface area contributed by atoms with Crippen molar-refractivity contribution in [2.75, 3.05) is 6.61 Å². The molecule has 3 heteroatoms. The lowest BCUT2D eigenvalue weighted by molar-refractivity contribution is 0.0921. The maximum atomic E-state index is 10.2. The largest absolute Gasteiger partial charge is 0.490 e. The smallest absolute Gasteiger partial charge is 0.128 e. The summed E-state index contributed by atoms with van der Waals surface area (Å²) >= 11 is 0. The van der Waals surface area contributed by atoms with E-state index in [0.717, 1.165) is 22.5 Å². The van der Waals surface area contributed by atoms with Gasteiger partial charge >= 0.3 is 0 Å². The first kappa shape index (κ1) is 12.5. The molecule has 0 amide bonds. The topological polar surface area (TPSA) is 34.4 Å². The molecule has 0 radical (unpaired) electrons. The van der Waals surface area contributed by atoms with Crippen LogP contribution in [0.4, 0.5) is 0 Å². The summed E-state index contributed by atoms with van der Waals surface area (Å²) in [4.78, 5) is 0. The minimum Gasteiger partial charge on any atom is -0.490 e. The Bertz CT molecular complexity index is 819. The number of hydrogen-bond acceptors (Lipinski definition) is 2. The van der Waals surface area contributed by atoms with Crippen molar-refractivity contribution in [1.82, 2.24) is 4.57 Å². The van der Waals surface area contributed by atoms with Crippen molar-refractivity contribution in [3.8, 4) is 17.0 Å². The van der Waals surface area contributed by atoms with Crippen molar-refractivity contribution >= 4 is 10.9 Å². The Morgan fingerprint density at radius 3 is 2.90 bits per heavy atom. The van der Waals surface area contributed by atoms with Crippen molar-refractivity contribution in [2.45, 2.75) is 19.6 Å². The molecule has 3 aromatic rings. The van der Waals surface area contributed by atoms with E-state index >= 15 is 0 Å². The molecule has 0 aliphatic carbocycles. The van der Waals surface area contributed by atoms with Crippen LogP contribution in [0.1, 0.15) is 5.56 Å². The molecule has 1 aromatic heterocycles. The van der Waals surface area contributed by atoms with Crippen molar-refractivity contribution in [2.24, 2.45) is 0 Å². The summed E-state index contributed by atoms with van der Waals surface area (Å²) in [7, 11) is 0. The Morgan fingerprint density at radius 1 is 1.14 bits per heavy atom. The Hall–Kier alpha value is -2.26. The number of aliphatic hydroxyl groups is 1. The van der Waals surface area contributed by atoms with E-state index in [4.69, 9.17) is 4.74 Å². The van der Waals surface area contributed by atoms with Crippen molar-refractivity contribution < 1.29 is 9.84 Å². The fourth-order valence-electron chi connectivity index (χ4n) is 3.05. The maximum absolute atomic E-state index is 10.2. The molecule has 0 saturated heterocycles. The van der Waals surface area contributed by atoms with Gasteiger partial charge in [-0.2, -0.15) is 0 Å². The highest BCUT2D eigenvalue weighted by molar-refractivity contribution is 5.88. The third-order valence-corrected chi connectivity index (χ3v) is 4.05. The molecule has 1 N–H and O–H groups in total. The van der Waals surface area contributed by atoms with Crippen LogP contribution in [0.25, 0.3) is 22.2 Å². The predicted molar refractivity (Wildman–Crippen MR) is 83.6 cm³/mol. The number of aryl methyl sites for hydroxylation is 1. The molecule has 2 heterocycles. The number of aromatic nitrogens is 1. The van der Waals surface area contributed by atoms with E-state index in [1.807, 2.05) is 24.3 Å². The third-order valence-electron chi connectivity index (χ3n) is 4.05. The van der Waals surface area contributed by atoms with Crippen LogP contribution in [0.2, 0.25) is 0 Å². The molecule has 1 aliphatic rings. The molecule has 1 unspecified atom stereocenters. The van der Waals surface area contributed by atoms with Crippen molar-refractivity contribution in [3.63, 3.8) is 0 Å². The summed E-state index contributed by atoms with van der Waals surface area (Å²) in [6.07, 6.45) is -0.506. The fourth-order valence-corrected chi connectivity index (χ4v) is 3.05. The van der Waals surface area contributed by atoms with Crippen LogP contribution >= 0.6 is 0 Å². The Kier molecular flexibility index (Phi) is 2.76. The van der Waals surface area contributed by atoms with Gasteiger partial charge in [-0.1, -0.05) is 29.8 Å². The van der Waals surface area contributed by atoms with Gasteiger partial charge in [0.15, 0.2) is 0 Å². The summed E-state index contributed by atoms with van der Waals surface area (Å²) in [5.74, 6) is 0.836. The lowest BCUT2D eigenvalue weighted by Gasteiger charge is -2.22. The van der Waals surface area contributed by atoms with E-state index in [1.165, 1.54) is 10.9 Å². The zero-order valence-electron chi connectivity index (χ0n) is 11.9. The average Bonchev–Trinajstić information content (AvgIpc) is 2.83. The van der Waals surface area contributed by atoms with Gasteiger partial charge in [-0.3, -0.25) is 0 Å². The molecular weight excluding hydrogens is 262 g/mol. The van der Waals surface area contributed by atoms with Crippen LogP contribution < -0.4 is 4.74 Å². The number of hydrogen-bond donors (Lipinski definition) is 1. The number of nitrogens with zero attached hydrogens (tertiary/aromatic N) is 1. The maximum Gasteiger partial charge on any atom is 0.128 e. The van der Waals surface area contributed by atoms with E-state index < -0.39 is 6.10 Å². The quantitative estimate of drug-likeness (QED) is 0.684. The van der Waals surface area contributed by atoms with Gasteiger partial charge in [0.2, 0.25) is 0 Å². The van der Waals surface area contributed by atoms with Gasteiger partial charge in [-0.05, 0) is 31.2 Å². The molecule has 0 saturated carbocycles. The molecule has 1 aliphatic heterocycles. The highest BCUT2D eigenvalue weighted by atomic mass is 16.5. The van der Waals surface area contributed by atoms with Crippen molar-refractivity contribution in [3.05, 3.63) is 54.1 Å². The SMILES string of the molecule is Cc1ccc2c(c1)-c1cc3ccccc3n1CC(O)CO2. The zero-order chi connectivity index (χ0) is 14.4. The molecular formula is C18H17NO2. The van der Waals surface area contributed by atoms with Gasteiger partial charge in [0.1, 0.15) is 18.5 Å². The molecule has 2 aromatic carbocycles. The lowest BCUT2D eigenvalue weighted by atomic mass is 10.1. The summed E-state index contributed by atoms with van der Waals surface area (Å²) in [5.41, 5.74) is 4.56. The van der Waals surface area contributed by atoms with Crippen LogP contribution in [0.5, 0.6) is 5.75 Å². The highest BCUT2D eigenvalue weighted by Crippen LogP contribution is 2.36. The normalized spacial score (nSPS) is 17.5. The second-order valence-corrected chi connectivity index (χ2v) is 5.66. The van der Waals surface area contributed by atoms with Crippen LogP contribution in [-0.2, 0) is 6.54 Å². The zero-order valence-corrected chi connectivity index (χ0v) is 11.9. The minimum absolute atomic E-state index is 0.321. The van der Waals surface area contributed by atoms with Gasteiger partial charge in [0, 0.05) is 16.5 Å². The number of ether oxygens (including phenoxy) is 1. The van der Waals surface area contributed by atoms with E-state index in [0.29, 0.717) is 13.2 Å². The highest BCUT2D eigenvalue weighted by Gasteiger charge is 2.20. The predicted octanol–water partition coefficient (Wildman–Crippen LogP) is 3.37. The molecule has 4 rings (SSSR count). The first-order valence-corrected chi connectivity index (χ1v) is 7.22. The third kappa shape index (κ3) is 2.01. The van der Waals surface area contributed by atoms with Crippen LogP contribution in [0.3, 0.4) is 0 Å². The first-order chi connectivity index (χ1) is 10.2. The number of para-hydroxylation sites is 1. The van der Waals surface area contributed by atoms with Gasteiger partial charge in [0.05, 0.1) is 12.2 Å². The van der Waals surface area contributed by atoms with Gasteiger partial charge < -0.3 is 14.4 Å². The van der Waals surface area contributed by atoms with Crippen LogP contribution in [0.15, 0.2) is 48.5 Å². The summed E-state index contributed by atoms with van der Waals surface area (Å²) in [6.45, 7) is 2.96. The van der Waals surface area contributed by atoms with E-state index in [-0.39, 0.29) is 0 Å². The van der Waals surface area contributed by atoms with Crippen LogP contribution in [0, 0.1) is 6.92 Å². The molecule has 0 spiro atoms. The number of rotatable bonds is 0. The molecule has 0 fully saturated rings. The number of aliphatic hydroxyl groups excluding tert-OH is 1. The summed E-state index contributed by atoms with van der Waals surface area (Å²) < 4.78 is 7.98. The van der Waals surface area contributed by atoms with E-state index in [9.17, 15) is 5.11 Å². The Labute approximate surface area is 123 Å².